The highest BCUT2D eigenvalue weighted by atomic mass is 16.1. The Morgan fingerprint density at radius 2 is 2.41 bits per heavy atom. The Bertz CT molecular complexity index is 370. The summed E-state index contributed by atoms with van der Waals surface area (Å²) in [4.78, 5) is 15.4. The van der Waals surface area contributed by atoms with Gasteiger partial charge in [0.25, 0.3) is 0 Å². The van der Waals surface area contributed by atoms with Gasteiger partial charge in [0, 0.05) is 38.3 Å². The molecule has 2 N–H and O–H groups in total. The maximum Gasteiger partial charge on any atom is 0.221 e. The lowest BCUT2D eigenvalue weighted by molar-refractivity contribution is -0.120. The van der Waals surface area contributed by atoms with Crippen LogP contribution < -0.4 is 10.6 Å². The van der Waals surface area contributed by atoms with Gasteiger partial charge in [0.15, 0.2) is 0 Å². The fourth-order valence-electron chi connectivity index (χ4n) is 1.85. The molecule has 0 atom stereocenters. The summed E-state index contributed by atoms with van der Waals surface area (Å²) in [7, 11) is 0. The first-order chi connectivity index (χ1) is 8.31. The van der Waals surface area contributed by atoms with E-state index < -0.39 is 0 Å². The van der Waals surface area contributed by atoms with Gasteiger partial charge in [-0.2, -0.15) is 0 Å². The molecule has 1 heterocycles. The Hall–Kier alpha value is -1.36. The van der Waals surface area contributed by atoms with Crippen molar-refractivity contribution < 1.29 is 4.79 Å². The van der Waals surface area contributed by atoms with Crippen LogP contribution in [0.15, 0.2) is 12.5 Å². The van der Waals surface area contributed by atoms with Crippen molar-refractivity contribution in [3.8, 4) is 0 Å². The molecule has 1 aromatic heterocycles. The zero-order chi connectivity index (χ0) is 12.1. The van der Waals surface area contributed by atoms with Gasteiger partial charge in [-0.3, -0.25) is 4.79 Å². The molecule has 17 heavy (non-hydrogen) atoms. The van der Waals surface area contributed by atoms with Crippen LogP contribution in [0.2, 0.25) is 0 Å². The number of hydrogen-bond donors (Lipinski definition) is 2. The molecule has 0 radical (unpaired) electrons. The summed E-state index contributed by atoms with van der Waals surface area (Å²) in [6.45, 7) is 4.13. The molecule has 2 rings (SSSR count). The number of amides is 1. The molecule has 1 amide bonds. The first-order valence-corrected chi connectivity index (χ1v) is 6.29. The molecule has 1 saturated carbocycles. The molecule has 0 aliphatic heterocycles. The standard InChI is InChI=1S/C12H20N4O/c1-2-15-12(17)5-6-13-7-11-8-14-9-16(11)10-3-4-10/h8-10,13H,2-7H2,1H3,(H,15,17). The highest BCUT2D eigenvalue weighted by Crippen LogP contribution is 2.35. The Morgan fingerprint density at radius 1 is 1.59 bits per heavy atom. The average Bonchev–Trinajstić information content (AvgIpc) is 3.05. The van der Waals surface area contributed by atoms with E-state index in [1.54, 1.807) is 0 Å². The lowest BCUT2D eigenvalue weighted by Crippen LogP contribution is -2.27. The summed E-state index contributed by atoms with van der Waals surface area (Å²) in [5, 5.41) is 6.06. The van der Waals surface area contributed by atoms with Crippen molar-refractivity contribution in [2.75, 3.05) is 13.1 Å². The first-order valence-electron chi connectivity index (χ1n) is 6.29. The molecule has 5 nitrogen and oxygen atoms in total. The van der Waals surface area contributed by atoms with Crippen LogP contribution in [-0.2, 0) is 11.3 Å². The Labute approximate surface area is 102 Å². The highest BCUT2D eigenvalue weighted by Gasteiger charge is 2.24. The van der Waals surface area contributed by atoms with Crippen molar-refractivity contribution in [2.45, 2.75) is 38.8 Å². The topological polar surface area (TPSA) is 59.0 Å². The lowest BCUT2D eigenvalue weighted by atomic mass is 10.3. The maximum absolute atomic E-state index is 11.2. The molecule has 0 spiro atoms. The molecule has 0 saturated heterocycles. The molecule has 94 valence electrons. The number of carbonyl (C=O) groups is 1. The molecular weight excluding hydrogens is 216 g/mol. The second kappa shape index (κ2) is 5.82. The molecule has 1 aliphatic rings. The molecule has 1 fully saturated rings. The van der Waals surface area contributed by atoms with Crippen LogP contribution in [-0.4, -0.2) is 28.5 Å². The SMILES string of the molecule is CCNC(=O)CCNCc1cncn1C1CC1. The number of carbonyl (C=O) groups excluding carboxylic acids is 1. The van der Waals surface area contributed by atoms with Gasteiger partial charge in [-0.1, -0.05) is 0 Å². The molecule has 0 unspecified atom stereocenters. The van der Waals surface area contributed by atoms with Crippen LogP contribution in [0.5, 0.6) is 0 Å². The van der Waals surface area contributed by atoms with E-state index in [0.717, 1.165) is 6.54 Å². The fourth-order valence-corrected chi connectivity index (χ4v) is 1.85. The number of hydrogen-bond acceptors (Lipinski definition) is 3. The van der Waals surface area contributed by atoms with Gasteiger partial charge in [-0.25, -0.2) is 4.98 Å². The zero-order valence-corrected chi connectivity index (χ0v) is 10.3. The summed E-state index contributed by atoms with van der Waals surface area (Å²) >= 11 is 0. The molecule has 0 aromatic carbocycles. The van der Waals surface area contributed by atoms with Crippen molar-refractivity contribution in [3.63, 3.8) is 0 Å². The third-order valence-electron chi connectivity index (χ3n) is 2.90. The predicted octanol–water partition coefficient (Wildman–Crippen LogP) is 0.834. The minimum atomic E-state index is 0.107. The quantitative estimate of drug-likeness (QED) is 0.690. The predicted molar refractivity (Wildman–Crippen MR) is 65.5 cm³/mol. The van der Waals surface area contributed by atoms with Crippen molar-refractivity contribution in [3.05, 3.63) is 18.2 Å². The van der Waals surface area contributed by atoms with Gasteiger partial charge in [0.1, 0.15) is 0 Å². The van der Waals surface area contributed by atoms with Crippen molar-refractivity contribution in [1.82, 2.24) is 20.2 Å². The summed E-state index contributed by atoms with van der Waals surface area (Å²) in [5.41, 5.74) is 1.21. The number of aromatic nitrogens is 2. The van der Waals surface area contributed by atoms with Gasteiger partial charge in [0.2, 0.25) is 5.91 Å². The van der Waals surface area contributed by atoms with E-state index >= 15 is 0 Å². The van der Waals surface area contributed by atoms with Crippen LogP contribution in [0.25, 0.3) is 0 Å². The van der Waals surface area contributed by atoms with Crippen molar-refractivity contribution in [2.24, 2.45) is 0 Å². The Morgan fingerprint density at radius 3 is 3.12 bits per heavy atom. The minimum Gasteiger partial charge on any atom is -0.356 e. The van der Waals surface area contributed by atoms with E-state index in [0.29, 0.717) is 25.6 Å². The first kappa shape index (κ1) is 12.1. The number of nitrogens with one attached hydrogen (secondary N) is 2. The number of nitrogens with zero attached hydrogens (tertiary/aromatic N) is 2. The minimum absolute atomic E-state index is 0.107. The van der Waals surface area contributed by atoms with Crippen LogP contribution in [0, 0.1) is 0 Å². The fraction of sp³-hybridized carbons (Fsp3) is 0.667. The maximum atomic E-state index is 11.2. The highest BCUT2D eigenvalue weighted by molar-refractivity contribution is 5.75. The van der Waals surface area contributed by atoms with Crippen molar-refractivity contribution >= 4 is 5.91 Å². The van der Waals surface area contributed by atoms with Crippen LogP contribution in [0.4, 0.5) is 0 Å². The van der Waals surface area contributed by atoms with Gasteiger partial charge in [-0.15, -0.1) is 0 Å². The van der Waals surface area contributed by atoms with E-state index in [1.807, 2.05) is 19.4 Å². The van der Waals surface area contributed by atoms with E-state index in [4.69, 9.17) is 0 Å². The summed E-state index contributed by atoms with van der Waals surface area (Å²) in [5.74, 6) is 0.107. The molecule has 1 aromatic rings. The van der Waals surface area contributed by atoms with Gasteiger partial charge >= 0.3 is 0 Å². The van der Waals surface area contributed by atoms with Crippen LogP contribution in [0.1, 0.15) is 37.9 Å². The van der Waals surface area contributed by atoms with E-state index in [9.17, 15) is 4.79 Å². The Kier molecular flexibility index (Phi) is 4.14. The van der Waals surface area contributed by atoms with Gasteiger partial charge in [-0.05, 0) is 19.8 Å². The summed E-state index contributed by atoms with van der Waals surface area (Å²) in [6.07, 6.45) is 6.87. The normalized spacial score (nSPS) is 14.9. The zero-order valence-electron chi connectivity index (χ0n) is 10.3. The second-order valence-corrected chi connectivity index (χ2v) is 4.40. The largest absolute Gasteiger partial charge is 0.356 e. The molecule has 0 bridgehead atoms. The van der Waals surface area contributed by atoms with Gasteiger partial charge < -0.3 is 15.2 Å². The van der Waals surface area contributed by atoms with E-state index in [-0.39, 0.29) is 5.91 Å². The van der Waals surface area contributed by atoms with Crippen molar-refractivity contribution in [1.29, 1.82) is 0 Å². The summed E-state index contributed by atoms with van der Waals surface area (Å²) < 4.78 is 2.24. The van der Waals surface area contributed by atoms with Gasteiger partial charge in [0.05, 0.1) is 12.0 Å². The molecule has 5 heteroatoms. The third kappa shape index (κ3) is 3.56. The molecular formula is C12H20N4O. The second-order valence-electron chi connectivity index (χ2n) is 4.40. The van der Waals surface area contributed by atoms with Crippen LogP contribution >= 0.6 is 0 Å². The lowest BCUT2D eigenvalue weighted by Gasteiger charge is -2.07. The Balaban J connectivity index is 1.67. The summed E-state index contributed by atoms with van der Waals surface area (Å²) in [6, 6.07) is 0.665. The van der Waals surface area contributed by atoms with E-state index in [2.05, 4.69) is 20.2 Å². The van der Waals surface area contributed by atoms with Crippen LogP contribution in [0.3, 0.4) is 0 Å². The molecule has 1 aliphatic carbocycles. The average molecular weight is 236 g/mol. The number of rotatable bonds is 7. The monoisotopic (exact) mass is 236 g/mol. The smallest absolute Gasteiger partial charge is 0.221 e. The number of imidazole rings is 1. The third-order valence-corrected chi connectivity index (χ3v) is 2.90. The van der Waals surface area contributed by atoms with E-state index in [1.165, 1.54) is 18.5 Å².